The Morgan fingerprint density at radius 3 is 2.65 bits per heavy atom. The van der Waals surface area contributed by atoms with Crippen LogP contribution in [0.3, 0.4) is 0 Å². The van der Waals surface area contributed by atoms with Gasteiger partial charge in [-0.3, -0.25) is 14.6 Å². The highest BCUT2D eigenvalue weighted by Crippen LogP contribution is 2.19. The molecule has 0 radical (unpaired) electrons. The Bertz CT molecular complexity index is 381. The molecule has 114 valence electrons. The second kappa shape index (κ2) is 6.10. The Kier molecular flexibility index (Phi) is 4.65. The summed E-state index contributed by atoms with van der Waals surface area (Å²) in [6.45, 7) is 6.76. The maximum Gasteiger partial charge on any atom is 0.325 e. The zero-order valence-corrected chi connectivity index (χ0v) is 12.7. The SMILES string of the molecule is CNCC1CCCCN1CCN1C(=O)NC(C)(C)C1=O. The minimum Gasteiger partial charge on any atom is -0.324 e. The van der Waals surface area contributed by atoms with Crippen LogP contribution in [0.25, 0.3) is 0 Å². The zero-order chi connectivity index (χ0) is 14.8. The second-order valence-corrected chi connectivity index (χ2v) is 6.26. The molecule has 2 fully saturated rings. The van der Waals surface area contributed by atoms with E-state index in [-0.39, 0.29) is 11.9 Å². The van der Waals surface area contributed by atoms with Crippen molar-refractivity contribution >= 4 is 11.9 Å². The van der Waals surface area contributed by atoms with Gasteiger partial charge in [0, 0.05) is 25.7 Å². The van der Waals surface area contributed by atoms with Crippen molar-refractivity contribution in [1.29, 1.82) is 0 Å². The lowest BCUT2D eigenvalue weighted by molar-refractivity contribution is -0.130. The molecule has 6 nitrogen and oxygen atoms in total. The Morgan fingerprint density at radius 2 is 2.05 bits per heavy atom. The first-order chi connectivity index (χ1) is 9.45. The molecule has 0 spiro atoms. The lowest BCUT2D eigenvalue weighted by atomic mass is 10.0. The van der Waals surface area contributed by atoms with Crippen LogP contribution in [0.1, 0.15) is 33.1 Å². The first-order valence-electron chi connectivity index (χ1n) is 7.48. The number of amides is 3. The Hall–Kier alpha value is -1.14. The third-order valence-electron chi connectivity index (χ3n) is 4.24. The van der Waals surface area contributed by atoms with E-state index in [1.54, 1.807) is 13.8 Å². The average Bonchev–Trinajstić information content (AvgIpc) is 2.59. The molecule has 2 aliphatic rings. The van der Waals surface area contributed by atoms with E-state index >= 15 is 0 Å². The molecular formula is C14H26N4O2. The van der Waals surface area contributed by atoms with E-state index in [1.807, 2.05) is 7.05 Å². The van der Waals surface area contributed by atoms with E-state index in [9.17, 15) is 9.59 Å². The molecule has 2 rings (SSSR count). The summed E-state index contributed by atoms with van der Waals surface area (Å²) in [7, 11) is 1.97. The molecule has 0 aromatic rings. The number of rotatable bonds is 5. The number of hydrogen-bond acceptors (Lipinski definition) is 4. The monoisotopic (exact) mass is 282 g/mol. The van der Waals surface area contributed by atoms with Crippen molar-refractivity contribution in [2.75, 3.05) is 33.2 Å². The van der Waals surface area contributed by atoms with Crippen molar-refractivity contribution < 1.29 is 9.59 Å². The number of likely N-dealkylation sites (tertiary alicyclic amines) is 1. The van der Waals surface area contributed by atoms with Crippen molar-refractivity contribution in [2.45, 2.75) is 44.7 Å². The quantitative estimate of drug-likeness (QED) is 0.716. The van der Waals surface area contributed by atoms with Gasteiger partial charge in [0.2, 0.25) is 0 Å². The predicted molar refractivity (Wildman–Crippen MR) is 77.5 cm³/mol. The largest absolute Gasteiger partial charge is 0.325 e. The maximum absolute atomic E-state index is 12.1. The van der Waals surface area contributed by atoms with Crippen LogP contribution in [0, 0.1) is 0 Å². The van der Waals surface area contributed by atoms with Crippen molar-refractivity contribution in [1.82, 2.24) is 20.4 Å². The fourth-order valence-electron chi connectivity index (χ4n) is 3.07. The molecule has 2 aliphatic heterocycles. The van der Waals surface area contributed by atoms with Gasteiger partial charge < -0.3 is 10.6 Å². The van der Waals surface area contributed by atoms with Crippen molar-refractivity contribution in [3.05, 3.63) is 0 Å². The molecule has 3 amide bonds. The summed E-state index contributed by atoms with van der Waals surface area (Å²) >= 11 is 0. The van der Waals surface area contributed by atoms with E-state index in [0.29, 0.717) is 12.6 Å². The molecule has 2 saturated heterocycles. The molecular weight excluding hydrogens is 256 g/mol. The number of likely N-dealkylation sites (N-methyl/N-ethyl adjacent to an activating group) is 1. The summed E-state index contributed by atoms with van der Waals surface area (Å²) in [4.78, 5) is 27.7. The van der Waals surface area contributed by atoms with E-state index in [4.69, 9.17) is 0 Å². The van der Waals surface area contributed by atoms with Crippen LogP contribution >= 0.6 is 0 Å². The number of hydrogen-bond donors (Lipinski definition) is 2. The van der Waals surface area contributed by atoms with Crippen LogP contribution in [-0.4, -0.2) is 66.5 Å². The third kappa shape index (κ3) is 3.12. The first kappa shape index (κ1) is 15.3. The predicted octanol–water partition coefficient (Wildman–Crippen LogP) is 0.391. The van der Waals surface area contributed by atoms with Gasteiger partial charge in [0.05, 0.1) is 0 Å². The number of nitrogens with zero attached hydrogens (tertiary/aromatic N) is 2. The Balaban J connectivity index is 1.91. The average molecular weight is 282 g/mol. The number of carbonyl (C=O) groups is 2. The minimum atomic E-state index is -0.761. The number of piperidine rings is 1. The van der Waals surface area contributed by atoms with E-state index in [1.165, 1.54) is 24.2 Å². The summed E-state index contributed by atoms with van der Waals surface area (Å²) in [6.07, 6.45) is 3.65. The van der Waals surface area contributed by atoms with Gasteiger partial charge in [-0.25, -0.2) is 4.79 Å². The van der Waals surface area contributed by atoms with Crippen molar-refractivity contribution in [3.8, 4) is 0 Å². The second-order valence-electron chi connectivity index (χ2n) is 6.26. The summed E-state index contributed by atoms with van der Waals surface area (Å²) in [6, 6.07) is 0.254. The van der Waals surface area contributed by atoms with Gasteiger partial charge in [-0.15, -0.1) is 0 Å². The number of imide groups is 1. The number of carbonyl (C=O) groups excluding carboxylic acids is 2. The summed E-state index contributed by atoms with van der Waals surface area (Å²) in [5.41, 5.74) is -0.761. The van der Waals surface area contributed by atoms with Gasteiger partial charge >= 0.3 is 6.03 Å². The van der Waals surface area contributed by atoms with Gasteiger partial charge in [-0.05, 0) is 40.3 Å². The molecule has 20 heavy (non-hydrogen) atoms. The molecule has 1 unspecified atom stereocenters. The van der Waals surface area contributed by atoms with Gasteiger partial charge in [0.15, 0.2) is 0 Å². The highest BCUT2D eigenvalue weighted by Gasteiger charge is 2.44. The summed E-state index contributed by atoms with van der Waals surface area (Å²) < 4.78 is 0. The highest BCUT2D eigenvalue weighted by molar-refractivity contribution is 6.06. The normalized spacial score (nSPS) is 26.9. The molecule has 0 aromatic heterocycles. The molecule has 6 heteroatoms. The fraction of sp³-hybridized carbons (Fsp3) is 0.857. The molecule has 0 aliphatic carbocycles. The van der Waals surface area contributed by atoms with E-state index in [2.05, 4.69) is 15.5 Å². The Labute approximate surface area is 120 Å². The van der Waals surface area contributed by atoms with Crippen LogP contribution in [0.15, 0.2) is 0 Å². The smallest absolute Gasteiger partial charge is 0.324 e. The van der Waals surface area contributed by atoms with E-state index in [0.717, 1.165) is 19.6 Å². The lowest BCUT2D eigenvalue weighted by Crippen LogP contribution is -2.48. The van der Waals surface area contributed by atoms with Crippen molar-refractivity contribution in [2.24, 2.45) is 0 Å². The summed E-state index contributed by atoms with van der Waals surface area (Å²) in [5, 5.41) is 5.95. The minimum absolute atomic E-state index is 0.121. The van der Waals surface area contributed by atoms with Gasteiger partial charge in [0.1, 0.15) is 5.54 Å². The third-order valence-corrected chi connectivity index (χ3v) is 4.24. The molecule has 2 heterocycles. The molecule has 1 atom stereocenters. The van der Waals surface area contributed by atoms with Crippen LogP contribution in [-0.2, 0) is 4.79 Å². The maximum atomic E-state index is 12.1. The summed E-state index contributed by atoms with van der Waals surface area (Å²) in [5.74, 6) is -0.121. The fourth-order valence-corrected chi connectivity index (χ4v) is 3.07. The van der Waals surface area contributed by atoms with Gasteiger partial charge in [-0.2, -0.15) is 0 Å². The van der Waals surface area contributed by atoms with Crippen LogP contribution in [0.2, 0.25) is 0 Å². The zero-order valence-electron chi connectivity index (χ0n) is 12.7. The Morgan fingerprint density at radius 1 is 1.30 bits per heavy atom. The van der Waals surface area contributed by atoms with Crippen LogP contribution in [0.4, 0.5) is 4.79 Å². The standard InChI is InChI=1S/C14H26N4O2/c1-14(2)12(19)18(13(20)16-14)9-8-17-7-5-4-6-11(17)10-15-3/h11,15H,4-10H2,1-3H3,(H,16,20). The molecule has 0 aromatic carbocycles. The molecule has 0 saturated carbocycles. The topological polar surface area (TPSA) is 64.7 Å². The van der Waals surface area contributed by atoms with Crippen LogP contribution in [0.5, 0.6) is 0 Å². The molecule has 0 bridgehead atoms. The van der Waals surface area contributed by atoms with Crippen molar-refractivity contribution in [3.63, 3.8) is 0 Å². The van der Waals surface area contributed by atoms with Gasteiger partial charge in [0.25, 0.3) is 5.91 Å². The van der Waals surface area contributed by atoms with Crippen LogP contribution < -0.4 is 10.6 Å². The highest BCUT2D eigenvalue weighted by atomic mass is 16.2. The number of urea groups is 1. The number of nitrogens with one attached hydrogen (secondary N) is 2. The lowest BCUT2D eigenvalue weighted by Gasteiger charge is -2.36. The first-order valence-corrected chi connectivity index (χ1v) is 7.48. The molecule has 2 N–H and O–H groups in total. The van der Waals surface area contributed by atoms with E-state index < -0.39 is 5.54 Å². The van der Waals surface area contributed by atoms with Gasteiger partial charge in [-0.1, -0.05) is 6.42 Å².